The number of amides is 3. The lowest BCUT2D eigenvalue weighted by Crippen LogP contribution is -2.58. The molecule has 10 heteroatoms. The maximum Gasteiger partial charge on any atom is 0.330 e. The van der Waals surface area contributed by atoms with Crippen LogP contribution in [0.2, 0.25) is 0 Å². The van der Waals surface area contributed by atoms with Gasteiger partial charge in [0, 0.05) is 36.2 Å². The van der Waals surface area contributed by atoms with Gasteiger partial charge in [-0.3, -0.25) is 14.4 Å². The van der Waals surface area contributed by atoms with Gasteiger partial charge in [-0.15, -0.1) is 0 Å². The Labute approximate surface area is 240 Å². The Morgan fingerprint density at radius 3 is 2.44 bits per heavy atom. The lowest BCUT2D eigenvalue weighted by molar-refractivity contribution is -0.137. The SMILES string of the molecule is CCOC(=O)/C=C/[C@H](CC(C)C)NC(=O)[C@H](CO)NC(=O)[C@@H]1Cc2ccccc2CN1C(=O)c1cccc(O)c1C. The normalized spacial score (nSPS) is 16.1. The van der Waals surface area contributed by atoms with Crippen LogP contribution in [0.5, 0.6) is 5.75 Å². The van der Waals surface area contributed by atoms with Crippen molar-refractivity contribution in [3.8, 4) is 5.75 Å². The van der Waals surface area contributed by atoms with Crippen LogP contribution in [0, 0.1) is 12.8 Å². The number of benzene rings is 2. The first-order valence-electron chi connectivity index (χ1n) is 13.8. The molecule has 3 amide bonds. The van der Waals surface area contributed by atoms with E-state index in [4.69, 9.17) is 4.74 Å². The van der Waals surface area contributed by atoms with Gasteiger partial charge < -0.3 is 30.5 Å². The van der Waals surface area contributed by atoms with E-state index in [-0.39, 0.29) is 36.8 Å². The standard InChI is InChI=1S/C31H39N3O7/c1-5-41-28(37)14-13-23(15-19(2)3)32-29(38)25(18-35)33-30(39)26-16-21-9-6-7-10-22(21)17-34(26)31(40)24-11-8-12-27(36)20(24)4/h6-14,19,23,25-26,35-36H,5,15-18H2,1-4H3,(H,32,38)(H,33,39)/b14-13+/t23-,25+,26+/m1/s1. The maximum atomic E-state index is 13.7. The summed E-state index contributed by atoms with van der Waals surface area (Å²) < 4.78 is 4.91. The molecule has 3 atom stereocenters. The molecule has 3 rings (SSSR count). The molecular formula is C31H39N3O7. The van der Waals surface area contributed by atoms with E-state index < -0.39 is 48.4 Å². The minimum Gasteiger partial charge on any atom is -0.508 e. The average molecular weight is 566 g/mol. The summed E-state index contributed by atoms with van der Waals surface area (Å²) in [6, 6.07) is 9.36. The number of aliphatic hydroxyl groups is 1. The van der Waals surface area contributed by atoms with Crippen molar-refractivity contribution in [2.75, 3.05) is 13.2 Å². The Morgan fingerprint density at radius 1 is 1.07 bits per heavy atom. The summed E-state index contributed by atoms with van der Waals surface area (Å²) in [5, 5.41) is 25.6. The van der Waals surface area contributed by atoms with Crippen LogP contribution in [0.25, 0.3) is 0 Å². The predicted octanol–water partition coefficient (Wildman–Crippen LogP) is 2.40. The summed E-state index contributed by atoms with van der Waals surface area (Å²) in [6.45, 7) is 6.96. The van der Waals surface area contributed by atoms with Gasteiger partial charge in [0.2, 0.25) is 11.8 Å². The summed E-state index contributed by atoms with van der Waals surface area (Å²) in [5.41, 5.74) is 2.46. The van der Waals surface area contributed by atoms with Gasteiger partial charge in [-0.2, -0.15) is 0 Å². The molecule has 1 aliphatic rings. The molecule has 0 bridgehead atoms. The summed E-state index contributed by atoms with van der Waals surface area (Å²) in [5.74, 6) is -2.04. The molecular weight excluding hydrogens is 526 g/mol. The van der Waals surface area contributed by atoms with Gasteiger partial charge in [-0.05, 0) is 49.4 Å². The Balaban J connectivity index is 1.82. The molecule has 1 heterocycles. The van der Waals surface area contributed by atoms with Crippen molar-refractivity contribution in [1.82, 2.24) is 15.5 Å². The fourth-order valence-corrected chi connectivity index (χ4v) is 4.80. The lowest BCUT2D eigenvalue weighted by Gasteiger charge is -2.37. The highest BCUT2D eigenvalue weighted by molar-refractivity contribution is 6.00. The molecule has 0 aliphatic carbocycles. The number of hydrogen-bond donors (Lipinski definition) is 4. The number of esters is 1. The van der Waals surface area contributed by atoms with Crippen LogP contribution in [-0.4, -0.2) is 70.1 Å². The summed E-state index contributed by atoms with van der Waals surface area (Å²) >= 11 is 0. The molecule has 0 spiro atoms. The Kier molecular flexibility index (Phi) is 11.0. The third kappa shape index (κ3) is 8.17. The molecule has 0 saturated heterocycles. The maximum absolute atomic E-state index is 13.7. The minimum atomic E-state index is -1.29. The molecule has 0 fully saturated rings. The average Bonchev–Trinajstić information content (AvgIpc) is 2.94. The van der Waals surface area contributed by atoms with E-state index in [0.717, 1.165) is 11.1 Å². The summed E-state index contributed by atoms with van der Waals surface area (Å²) in [7, 11) is 0. The van der Waals surface area contributed by atoms with Gasteiger partial charge in [-0.1, -0.05) is 50.3 Å². The number of carbonyl (C=O) groups excluding carboxylic acids is 4. The smallest absolute Gasteiger partial charge is 0.330 e. The molecule has 2 aromatic carbocycles. The first-order valence-corrected chi connectivity index (χ1v) is 13.8. The number of hydrogen-bond acceptors (Lipinski definition) is 7. The van der Waals surface area contributed by atoms with E-state index in [9.17, 15) is 29.4 Å². The zero-order valence-corrected chi connectivity index (χ0v) is 23.9. The van der Waals surface area contributed by atoms with Gasteiger partial charge in [-0.25, -0.2) is 4.79 Å². The zero-order valence-electron chi connectivity index (χ0n) is 23.9. The van der Waals surface area contributed by atoms with Crippen LogP contribution in [0.1, 0.15) is 54.2 Å². The summed E-state index contributed by atoms with van der Waals surface area (Å²) in [4.78, 5) is 53.6. The monoisotopic (exact) mass is 565 g/mol. The highest BCUT2D eigenvalue weighted by Gasteiger charge is 2.37. The second-order valence-electron chi connectivity index (χ2n) is 10.5. The number of phenolic OH excluding ortho intramolecular Hbond substituents is 1. The van der Waals surface area contributed by atoms with Crippen molar-refractivity contribution in [3.63, 3.8) is 0 Å². The number of rotatable bonds is 11. The highest BCUT2D eigenvalue weighted by Crippen LogP contribution is 2.28. The number of aliphatic hydroxyl groups excluding tert-OH is 1. The van der Waals surface area contributed by atoms with Crippen LogP contribution in [-0.2, 0) is 32.1 Å². The largest absolute Gasteiger partial charge is 0.508 e. The highest BCUT2D eigenvalue weighted by atomic mass is 16.5. The Bertz CT molecular complexity index is 1290. The van der Waals surface area contributed by atoms with Crippen LogP contribution in [0.3, 0.4) is 0 Å². The fourth-order valence-electron chi connectivity index (χ4n) is 4.80. The van der Waals surface area contributed by atoms with E-state index in [1.165, 1.54) is 23.1 Å². The molecule has 41 heavy (non-hydrogen) atoms. The minimum absolute atomic E-state index is 0.0285. The van der Waals surface area contributed by atoms with E-state index in [1.807, 2.05) is 38.1 Å². The second kappa shape index (κ2) is 14.5. The number of phenols is 1. The van der Waals surface area contributed by atoms with Crippen LogP contribution < -0.4 is 10.6 Å². The van der Waals surface area contributed by atoms with Gasteiger partial charge in [0.05, 0.1) is 13.2 Å². The van der Waals surface area contributed by atoms with Crippen LogP contribution >= 0.6 is 0 Å². The Morgan fingerprint density at radius 2 is 1.78 bits per heavy atom. The number of nitrogens with one attached hydrogen (secondary N) is 2. The fraction of sp³-hybridized carbons (Fsp3) is 0.419. The van der Waals surface area contributed by atoms with Gasteiger partial charge in [0.15, 0.2) is 0 Å². The summed E-state index contributed by atoms with van der Waals surface area (Å²) in [6.07, 6.45) is 3.50. The van der Waals surface area contributed by atoms with Gasteiger partial charge in [0.25, 0.3) is 5.91 Å². The molecule has 220 valence electrons. The second-order valence-corrected chi connectivity index (χ2v) is 10.5. The number of ether oxygens (including phenoxy) is 1. The van der Waals surface area contributed by atoms with Crippen LogP contribution in [0.4, 0.5) is 0 Å². The molecule has 0 radical (unpaired) electrons. The first-order chi connectivity index (χ1) is 19.5. The predicted molar refractivity (Wildman–Crippen MR) is 153 cm³/mol. The lowest BCUT2D eigenvalue weighted by atomic mass is 9.92. The van der Waals surface area contributed by atoms with Gasteiger partial charge in [0.1, 0.15) is 17.8 Å². The molecule has 1 aliphatic heterocycles. The van der Waals surface area contributed by atoms with Crippen molar-refractivity contribution in [2.24, 2.45) is 5.92 Å². The zero-order chi connectivity index (χ0) is 30.1. The van der Waals surface area contributed by atoms with Gasteiger partial charge >= 0.3 is 5.97 Å². The number of nitrogens with zero attached hydrogens (tertiary/aromatic N) is 1. The van der Waals surface area contributed by atoms with E-state index in [0.29, 0.717) is 12.0 Å². The van der Waals surface area contributed by atoms with Crippen molar-refractivity contribution in [2.45, 2.75) is 65.2 Å². The topological polar surface area (TPSA) is 145 Å². The van der Waals surface area contributed by atoms with Crippen molar-refractivity contribution in [3.05, 3.63) is 76.9 Å². The number of carbonyl (C=O) groups is 4. The molecule has 0 unspecified atom stereocenters. The third-order valence-electron chi connectivity index (χ3n) is 6.97. The Hall–Kier alpha value is -4.18. The molecule has 4 N–H and O–H groups in total. The number of aromatic hydroxyl groups is 1. The number of fused-ring (bicyclic) bond motifs is 1. The molecule has 10 nitrogen and oxygen atoms in total. The van der Waals surface area contributed by atoms with Crippen LogP contribution in [0.15, 0.2) is 54.6 Å². The van der Waals surface area contributed by atoms with E-state index in [1.54, 1.807) is 26.0 Å². The molecule has 0 aromatic heterocycles. The van der Waals surface area contributed by atoms with Crippen molar-refractivity contribution >= 4 is 23.7 Å². The first kappa shape index (κ1) is 31.3. The third-order valence-corrected chi connectivity index (χ3v) is 6.97. The quantitative estimate of drug-likeness (QED) is 0.242. The van der Waals surface area contributed by atoms with E-state index in [2.05, 4.69) is 10.6 Å². The molecule has 0 saturated carbocycles. The van der Waals surface area contributed by atoms with Crippen molar-refractivity contribution < 1.29 is 34.1 Å². The molecule has 2 aromatic rings. The van der Waals surface area contributed by atoms with Crippen molar-refractivity contribution in [1.29, 1.82) is 0 Å². The van der Waals surface area contributed by atoms with E-state index >= 15 is 0 Å².